The molecule has 0 bridgehead atoms. The predicted molar refractivity (Wildman–Crippen MR) is 112 cm³/mol. The van der Waals surface area contributed by atoms with Gasteiger partial charge in [0.1, 0.15) is 0 Å². The predicted octanol–water partition coefficient (Wildman–Crippen LogP) is 5.60. The van der Waals surface area contributed by atoms with Crippen LogP contribution in [0.1, 0.15) is 29.1 Å². The fourth-order valence-corrected chi connectivity index (χ4v) is 4.20. The highest BCUT2D eigenvalue weighted by Crippen LogP contribution is 2.31. The molecule has 0 aliphatic rings. The highest BCUT2D eigenvalue weighted by Gasteiger charge is 2.16. The Morgan fingerprint density at radius 1 is 1.04 bits per heavy atom. The van der Waals surface area contributed by atoms with E-state index in [4.69, 9.17) is 4.98 Å². The zero-order chi connectivity index (χ0) is 18.8. The third-order valence-electron chi connectivity index (χ3n) is 4.67. The summed E-state index contributed by atoms with van der Waals surface area (Å²) >= 11 is 1.48. The van der Waals surface area contributed by atoms with Crippen LogP contribution in [0.5, 0.6) is 0 Å². The number of nitrogens with zero attached hydrogens (tertiary/aromatic N) is 2. The Morgan fingerprint density at radius 2 is 1.81 bits per heavy atom. The van der Waals surface area contributed by atoms with Gasteiger partial charge in [-0.25, -0.2) is 4.98 Å². The van der Waals surface area contributed by atoms with Gasteiger partial charge in [-0.1, -0.05) is 37.3 Å². The zero-order valence-corrected chi connectivity index (χ0v) is 16.2. The first-order chi connectivity index (χ1) is 13.2. The largest absolute Gasteiger partial charge is 0.324 e. The Bertz CT molecular complexity index is 1110. The van der Waals surface area contributed by atoms with Gasteiger partial charge in [0.2, 0.25) is 0 Å². The van der Waals surface area contributed by atoms with E-state index in [9.17, 15) is 4.79 Å². The van der Waals surface area contributed by atoms with Crippen molar-refractivity contribution in [1.82, 2.24) is 9.55 Å². The van der Waals surface area contributed by atoms with Gasteiger partial charge < -0.3 is 9.88 Å². The van der Waals surface area contributed by atoms with Crippen LogP contribution in [0.25, 0.3) is 21.7 Å². The van der Waals surface area contributed by atoms with Gasteiger partial charge in [-0.2, -0.15) is 0 Å². The monoisotopic (exact) mass is 375 g/mol. The molecule has 1 N–H and O–H groups in total. The van der Waals surface area contributed by atoms with Crippen LogP contribution in [0.2, 0.25) is 0 Å². The molecule has 4 aromatic rings. The van der Waals surface area contributed by atoms with Crippen LogP contribution >= 0.6 is 11.3 Å². The van der Waals surface area contributed by atoms with Crippen molar-refractivity contribution in [2.75, 3.05) is 5.32 Å². The molecule has 0 radical (unpaired) electrons. The van der Waals surface area contributed by atoms with Gasteiger partial charge in [0.25, 0.3) is 5.91 Å². The summed E-state index contributed by atoms with van der Waals surface area (Å²) in [4.78, 5) is 19.2. The molecule has 0 saturated carbocycles. The maximum Gasteiger partial charge on any atom is 0.265 e. The highest BCUT2D eigenvalue weighted by atomic mass is 32.1. The molecule has 2 heterocycles. The van der Waals surface area contributed by atoms with Crippen molar-refractivity contribution in [2.45, 2.75) is 26.8 Å². The summed E-state index contributed by atoms with van der Waals surface area (Å²) in [6.45, 7) is 5.03. The molecule has 0 atom stereocenters. The van der Waals surface area contributed by atoms with Crippen LogP contribution < -0.4 is 5.32 Å². The van der Waals surface area contributed by atoms with E-state index < -0.39 is 0 Å². The van der Waals surface area contributed by atoms with Crippen molar-refractivity contribution in [3.05, 3.63) is 71.1 Å². The van der Waals surface area contributed by atoms with Gasteiger partial charge in [0.05, 0.1) is 20.8 Å². The van der Waals surface area contributed by atoms with Crippen molar-refractivity contribution in [1.29, 1.82) is 0 Å². The van der Waals surface area contributed by atoms with Crippen molar-refractivity contribution in [3.8, 4) is 10.7 Å². The van der Waals surface area contributed by atoms with E-state index in [1.54, 1.807) is 0 Å². The number of hydrogen-bond acceptors (Lipinski definition) is 3. The SMILES string of the molecule is CCc1ccccc1NC(=O)c1ccc(-c2nc3ccccc3n2CC)s1. The molecule has 5 heteroatoms. The third-order valence-corrected chi connectivity index (χ3v) is 5.75. The number of hydrogen-bond donors (Lipinski definition) is 1. The fourth-order valence-electron chi connectivity index (χ4n) is 3.30. The number of rotatable bonds is 5. The molecule has 4 rings (SSSR count). The van der Waals surface area contributed by atoms with Gasteiger partial charge in [-0.3, -0.25) is 4.79 Å². The standard InChI is InChI=1S/C22H21N3OS/c1-3-15-9-5-6-10-16(15)24-22(26)20-14-13-19(27-20)21-23-17-11-7-8-12-18(17)25(21)4-2/h5-14H,3-4H2,1-2H3,(H,24,26). The van der Waals surface area contributed by atoms with E-state index in [-0.39, 0.29) is 5.91 Å². The first-order valence-corrected chi connectivity index (χ1v) is 9.97. The molecule has 0 spiro atoms. The van der Waals surface area contributed by atoms with Gasteiger partial charge in [-0.15, -0.1) is 11.3 Å². The Hall–Kier alpha value is -2.92. The molecule has 2 aromatic carbocycles. The highest BCUT2D eigenvalue weighted by molar-refractivity contribution is 7.17. The molecule has 4 nitrogen and oxygen atoms in total. The number of carbonyl (C=O) groups excluding carboxylic acids is 1. The molecule has 0 aliphatic heterocycles. The summed E-state index contributed by atoms with van der Waals surface area (Å²) in [5, 5.41) is 3.04. The lowest BCUT2D eigenvalue weighted by Crippen LogP contribution is -2.11. The van der Waals surface area contributed by atoms with E-state index in [1.807, 2.05) is 54.6 Å². The van der Waals surface area contributed by atoms with Crippen molar-refractivity contribution >= 4 is 34.0 Å². The second-order valence-corrected chi connectivity index (χ2v) is 7.38. The van der Waals surface area contributed by atoms with Crippen LogP contribution in [0.3, 0.4) is 0 Å². The zero-order valence-electron chi connectivity index (χ0n) is 15.4. The van der Waals surface area contributed by atoms with Gasteiger partial charge in [0.15, 0.2) is 5.82 Å². The van der Waals surface area contributed by atoms with E-state index >= 15 is 0 Å². The molecular formula is C22H21N3OS. The van der Waals surface area contributed by atoms with Crippen molar-refractivity contribution < 1.29 is 4.79 Å². The average molecular weight is 375 g/mol. The fraction of sp³-hybridized carbons (Fsp3) is 0.182. The molecule has 2 aromatic heterocycles. The van der Waals surface area contributed by atoms with Crippen LogP contribution in [-0.4, -0.2) is 15.5 Å². The van der Waals surface area contributed by atoms with Crippen LogP contribution in [0.15, 0.2) is 60.7 Å². The van der Waals surface area contributed by atoms with E-state index in [0.29, 0.717) is 4.88 Å². The lowest BCUT2D eigenvalue weighted by molar-refractivity contribution is 0.103. The molecule has 0 aliphatic carbocycles. The molecule has 0 unspecified atom stereocenters. The summed E-state index contributed by atoms with van der Waals surface area (Å²) in [7, 11) is 0. The maximum atomic E-state index is 12.7. The van der Waals surface area contributed by atoms with E-state index in [1.165, 1.54) is 11.3 Å². The molecular weight excluding hydrogens is 354 g/mol. The lowest BCUT2D eigenvalue weighted by atomic mass is 10.1. The Kier molecular flexibility index (Phi) is 4.77. The molecule has 0 fully saturated rings. The first kappa shape index (κ1) is 17.5. The summed E-state index contributed by atoms with van der Waals surface area (Å²) in [6, 6.07) is 19.9. The average Bonchev–Trinajstić information content (AvgIpc) is 3.32. The maximum absolute atomic E-state index is 12.7. The van der Waals surface area contributed by atoms with Crippen molar-refractivity contribution in [3.63, 3.8) is 0 Å². The normalized spacial score (nSPS) is 11.0. The lowest BCUT2D eigenvalue weighted by Gasteiger charge is -2.08. The minimum atomic E-state index is -0.0775. The number of carbonyl (C=O) groups is 1. The number of thiophene rings is 1. The number of aromatic nitrogens is 2. The minimum absolute atomic E-state index is 0.0775. The number of anilines is 1. The minimum Gasteiger partial charge on any atom is -0.324 e. The molecule has 27 heavy (non-hydrogen) atoms. The summed E-state index contributed by atoms with van der Waals surface area (Å²) in [5.74, 6) is 0.836. The van der Waals surface area contributed by atoms with Gasteiger partial charge in [0, 0.05) is 12.2 Å². The van der Waals surface area contributed by atoms with Crippen LogP contribution in [-0.2, 0) is 13.0 Å². The smallest absolute Gasteiger partial charge is 0.265 e. The topological polar surface area (TPSA) is 46.9 Å². The van der Waals surface area contributed by atoms with Gasteiger partial charge >= 0.3 is 0 Å². The quantitative estimate of drug-likeness (QED) is 0.493. The Morgan fingerprint density at radius 3 is 2.63 bits per heavy atom. The van der Waals surface area contributed by atoms with E-state index in [0.717, 1.165) is 46.0 Å². The molecule has 136 valence electrons. The Balaban J connectivity index is 1.65. The van der Waals surface area contributed by atoms with Crippen LogP contribution in [0.4, 0.5) is 5.69 Å². The molecule has 0 saturated heterocycles. The molecule has 1 amide bonds. The summed E-state index contributed by atoms with van der Waals surface area (Å²) in [5.41, 5.74) is 4.10. The summed E-state index contributed by atoms with van der Waals surface area (Å²) < 4.78 is 2.19. The Labute approximate surface area is 162 Å². The number of amides is 1. The van der Waals surface area contributed by atoms with Gasteiger partial charge in [-0.05, 0) is 49.2 Å². The van der Waals surface area contributed by atoms with Crippen LogP contribution in [0, 0.1) is 0 Å². The third kappa shape index (κ3) is 3.26. The second kappa shape index (κ2) is 7.37. The van der Waals surface area contributed by atoms with Crippen molar-refractivity contribution in [2.24, 2.45) is 0 Å². The van der Waals surface area contributed by atoms with E-state index in [2.05, 4.69) is 29.8 Å². The number of benzene rings is 2. The number of aryl methyl sites for hydroxylation is 2. The first-order valence-electron chi connectivity index (χ1n) is 9.16. The number of para-hydroxylation sites is 3. The number of imidazole rings is 1. The number of fused-ring (bicyclic) bond motifs is 1. The second-order valence-electron chi connectivity index (χ2n) is 6.30. The number of nitrogens with one attached hydrogen (secondary N) is 1. The summed E-state index contributed by atoms with van der Waals surface area (Å²) in [6.07, 6.45) is 0.882.